The van der Waals surface area contributed by atoms with Crippen LogP contribution in [0.4, 0.5) is 0 Å². The first-order valence-electron chi connectivity index (χ1n) is 9.09. The minimum atomic E-state index is -0.696. The number of carbonyl (C=O) groups excluding carboxylic acids is 3. The van der Waals surface area contributed by atoms with Crippen LogP contribution in [0, 0.1) is 0 Å². The molecule has 1 aliphatic rings. The smallest absolute Gasteiger partial charge is 0.344 e. The SMILES string of the molecule is CCN(Cc1ccc2c(c1)OCO2)C(=O)COC(=O)COc1ccccc1C=O. The summed E-state index contributed by atoms with van der Waals surface area (Å²) in [6.07, 6.45) is 0.638. The Labute approximate surface area is 167 Å². The second-order valence-electron chi connectivity index (χ2n) is 6.20. The van der Waals surface area contributed by atoms with E-state index < -0.39 is 19.2 Å². The molecule has 0 N–H and O–H groups in total. The second kappa shape index (κ2) is 9.59. The summed E-state index contributed by atoms with van der Waals surface area (Å²) in [5, 5.41) is 0. The van der Waals surface area contributed by atoms with Gasteiger partial charge in [0.25, 0.3) is 5.91 Å². The van der Waals surface area contributed by atoms with Gasteiger partial charge in [0.05, 0.1) is 5.56 Å². The van der Waals surface area contributed by atoms with Crippen LogP contribution in [0.5, 0.6) is 17.2 Å². The Hall–Kier alpha value is -3.55. The van der Waals surface area contributed by atoms with Crippen LogP contribution < -0.4 is 14.2 Å². The molecular weight excluding hydrogens is 378 g/mol. The standard InChI is InChI=1S/C21H21NO7/c1-2-22(10-15-7-8-18-19(9-15)29-14-28-18)20(24)12-27-21(25)13-26-17-6-4-3-5-16(17)11-23/h3-9,11H,2,10,12-14H2,1H3. The fourth-order valence-corrected chi connectivity index (χ4v) is 2.76. The summed E-state index contributed by atoms with van der Waals surface area (Å²) < 4.78 is 20.9. The summed E-state index contributed by atoms with van der Waals surface area (Å²) >= 11 is 0. The molecule has 0 spiro atoms. The minimum Gasteiger partial charge on any atom is -0.481 e. The van der Waals surface area contributed by atoms with Gasteiger partial charge in [-0.3, -0.25) is 9.59 Å². The first-order chi connectivity index (χ1) is 14.1. The summed E-state index contributed by atoms with van der Waals surface area (Å²) in [6.45, 7) is 2.04. The molecule has 3 rings (SSSR count). The first-order valence-corrected chi connectivity index (χ1v) is 9.09. The third-order valence-electron chi connectivity index (χ3n) is 4.29. The van der Waals surface area contributed by atoms with Crippen molar-refractivity contribution in [2.24, 2.45) is 0 Å². The van der Waals surface area contributed by atoms with E-state index in [-0.39, 0.29) is 18.4 Å². The van der Waals surface area contributed by atoms with Crippen molar-refractivity contribution in [3.8, 4) is 17.2 Å². The molecular formula is C21H21NO7. The molecule has 1 aliphatic heterocycles. The molecule has 8 nitrogen and oxygen atoms in total. The Bertz CT molecular complexity index is 896. The van der Waals surface area contributed by atoms with Gasteiger partial charge in [-0.25, -0.2) is 4.79 Å². The lowest BCUT2D eigenvalue weighted by atomic mass is 10.2. The van der Waals surface area contributed by atoms with Gasteiger partial charge in [0.15, 0.2) is 31.0 Å². The van der Waals surface area contributed by atoms with Crippen molar-refractivity contribution in [2.75, 3.05) is 26.6 Å². The highest BCUT2D eigenvalue weighted by Crippen LogP contribution is 2.32. The van der Waals surface area contributed by atoms with Crippen LogP contribution in [0.1, 0.15) is 22.8 Å². The summed E-state index contributed by atoms with van der Waals surface area (Å²) in [7, 11) is 0. The fraction of sp³-hybridized carbons (Fsp3) is 0.286. The van der Waals surface area contributed by atoms with E-state index in [2.05, 4.69) is 0 Å². The largest absolute Gasteiger partial charge is 0.481 e. The van der Waals surface area contributed by atoms with E-state index >= 15 is 0 Å². The summed E-state index contributed by atoms with van der Waals surface area (Å²) in [5.74, 6) is 0.576. The quantitative estimate of drug-likeness (QED) is 0.471. The minimum absolute atomic E-state index is 0.185. The Morgan fingerprint density at radius 1 is 1.10 bits per heavy atom. The van der Waals surface area contributed by atoms with E-state index in [0.717, 1.165) is 5.56 Å². The molecule has 0 unspecified atom stereocenters. The lowest BCUT2D eigenvalue weighted by Crippen LogP contribution is -2.34. The first kappa shape index (κ1) is 20.2. The Kier molecular flexibility index (Phi) is 6.67. The van der Waals surface area contributed by atoms with E-state index in [0.29, 0.717) is 36.4 Å². The molecule has 152 valence electrons. The van der Waals surface area contributed by atoms with E-state index in [4.69, 9.17) is 18.9 Å². The van der Waals surface area contributed by atoms with E-state index in [1.54, 1.807) is 35.2 Å². The van der Waals surface area contributed by atoms with E-state index in [9.17, 15) is 14.4 Å². The Morgan fingerprint density at radius 3 is 2.69 bits per heavy atom. The zero-order valence-electron chi connectivity index (χ0n) is 16.0. The topological polar surface area (TPSA) is 91.4 Å². The van der Waals surface area contributed by atoms with Gasteiger partial charge in [-0.05, 0) is 36.8 Å². The Balaban J connectivity index is 1.48. The van der Waals surface area contributed by atoms with Crippen molar-refractivity contribution in [3.63, 3.8) is 0 Å². The maximum atomic E-state index is 12.4. The highest BCUT2D eigenvalue weighted by Gasteiger charge is 2.18. The number of fused-ring (bicyclic) bond motifs is 1. The molecule has 2 aromatic carbocycles. The molecule has 0 saturated heterocycles. The van der Waals surface area contributed by atoms with Gasteiger partial charge in [-0.1, -0.05) is 18.2 Å². The molecule has 0 radical (unpaired) electrons. The molecule has 0 fully saturated rings. The molecule has 0 bridgehead atoms. The maximum Gasteiger partial charge on any atom is 0.344 e. The van der Waals surface area contributed by atoms with Crippen molar-refractivity contribution in [2.45, 2.75) is 13.5 Å². The predicted octanol–water partition coefficient (Wildman–Crippen LogP) is 2.20. The number of hydrogen-bond acceptors (Lipinski definition) is 7. The lowest BCUT2D eigenvalue weighted by Gasteiger charge is -2.21. The number of ether oxygens (including phenoxy) is 4. The van der Waals surface area contributed by atoms with Crippen LogP contribution in [0.3, 0.4) is 0 Å². The summed E-state index contributed by atoms with van der Waals surface area (Å²) in [4.78, 5) is 36.8. The monoisotopic (exact) mass is 399 g/mol. The average Bonchev–Trinajstić information content (AvgIpc) is 3.22. The number of esters is 1. The van der Waals surface area contributed by atoms with Gasteiger partial charge < -0.3 is 23.8 Å². The second-order valence-corrected chi connectivity index (χ2v) is 6.20. The molecule has 29 heavy (non-hydrogen) atoms. The van der Waals surface area contributed by atoms with Crippen molar-refractivity contribution in [1.82, 2.24) is 4.90 Å². The number of aldehydes is 1. The van der Waals surface area contributed by atoms with Gasteiger partial charge >= 0.3 is 5.97 Å². The molecule has 1 amide bonds. The van der Waals surface area contributed by atoms with E-state index in [1.807, 2.05) is 19.1 Å². The normalized spacial score (nSPS) is 11.6. The molecule has 0 atom stereocenters. The molecule has 0 aromatic heterocycles. The number of para-hydroxylation sites is 1. The lowest BCUT2D eigenvalue weighted by molar-refractivity contribution is -0.153. The van der Waals surface area contributed by atoms with Crippen molar-refractivity contribution < 1.29 is 33.3 Å². The van der Waals surface area contributed by atoms with Crippen molar-refractivity contribution in [3.05, 3.63) is 53.6 Å². The van der Waals surface area contributed by atoms with E-state index in [1.165, 1.54) is 0 Å². The van der Waals surface area contributed by atoms with Crippen molar-refractivity contribution in [1.29, 1.82) is 0 Å². The van der Waals surface area contributed by atoms with Crippen LogP contribution in [0.15, 0.2) is 42.5 Å². The number of likely N-dealkylation sites (N-methyl/N-ethyl adjacent to an activating group) is 1. The third-order valence-corrected chi connectivity index (χ3v) is 4.29. The molecule has 2 aromatic rings. The zero-order chi connectivity index (χ0) is 20.6. The fourth-order valence-electron chi connectivity index (χ4n) is 2.76. The molecule has 0 saturated carbocycles. The van der Waals surface area contributed by atoms with Gasteiger partial charge in [-0.2, -0.15) is 0 Å². The number of hydrogen-bond donors (Lipinski definition) is 0. The zero-order valence-corrected chi connectivity index (χ0v) is 16.0. The molecule has 8 heteroatoms. The Morgan fingerprint density at radius 2 is 1.90 bits per heavy atom. The number of rotatable bonds is 9. The summed E-state index contributed by atoms with van der Waals surface area (Å²) in [5.41, 5.74) is 1.21. The van der Waals surface area contributed by atoms with Crippen molar-refractivity contribution >= 4 is 18.2 Å². The van der Waals surface area contributed by atoms with Gasteiger partial charge in [0.1, 0.15) is 5.75 Å². The highest BCUT2D eigenvalue weighted by molar-refractivity contribution is 5.82. The third kappa shape index (κ3) is 5.25. The number of carbonyl (C=O) groups is 3. The number of nitrogens with zero attached hydrogens (tertiary/aromatic N) is 1. The average molecular weight is 399 g/mol. The van der Waals surface area contributed by atoms with Gasteiger partial charge in [-0.15, -0.1) is 0 Å². The predicted molar refractivity (Wildman–Crippen MR) is 102 cm³/mol. The van der Waals surface area contributed by atoms with Crippen LogP contribution in [-0.4, -0.2) is 49.6 Å². The number of amides is 1. The number of benzene rings is 2. The molecule has 0 aliphatic carbocycles. The maximum absolute atomic E-state index is 12.4. The van der Waals surface area contributed by atoms with Crippen LogP contribution in [-0.2, 0) is 20.9 Å². The molecule has 1 heterocycles. The van der Waals surface area contributed by atoms with Crippen LogP contribution >= 0.6 is 0 Å². The summed E-state index contributed by atoms with van der Waals surface area (Å²) in [6, 6.07) is 12.0. The van der Waals surface area contributed by atoms with Gasteiger partial charge in [0, 0.05) is 13.1 Å². The van der Waals surface area contributed by atoms with Crippen LogP contribution in [0.25, 0.3) is 0 Å². The highest BCUT2D eigenvalue weighted by atomic mass is 16.7. The van der Waals surface area contributed by atoms with Gasteiger partial charge in [0.2, 0.25) is 6.79 Å². The van der Waals surface area contributed by atoms with Crippen LogP contribution in [0.2, 0.25) is 0 Å².